The highest BCUT2D eigenvalue weighted by molar-refractivity contribution is 7.80. The number of non-ortho nitro benzene ring substituents is 1. The molecule has 2 heterocycles. The van der Waals surface area contributed by atoms with Crippen LogP contribution in [0.25, 0.3) is 0 Å². The largest absolute Gasteiger partial charge is 0.467 e. The van der Waals surface area contributed by atoms with E-state index in [2.05, 4.69) is 12.2 Å². The molecule has 3 rings (SSSR count). The van der Waals surface area contributed by atoms with Gasteiger partial charge in [-0.15, -0.1) is 0 Å². The van der Waals surface area contributed by atoms with Crippen molar-refractivity contribution in [3.8, 4) is 5.75 Å². The van der Waals surface area contributed by atoms with Gasteiger partial charge >= 0.3 is 0 Å². The zero-order valence-corrected chi connectivity index (χ0v) is 14.1. The van der Waals surface area contributed by atoms with Crippen LogP contribution in [0, 0.1) is 16.0 Å². The number of nitro groups is 1. The van der Waals surface area contributed by atoms with Crippen molar-refractivity contribution in [2.75, 3.05) is 20.3 Å². The van der Waals surface area contributed by atoms with E-state index in [-0.39, 0.29) is 17.6 Å². The molecule has 0 radical (unpaired) electrons. The lowest BCUT2D eigenvalue weighted by molar-refractivity contribution is -0.385. The smallest absolute Gasteiger partial charge is 0.270 e. The molecule has 23 heavy (non-hydrogen) atoms. The number of thiocarbonyl (C=S) groups is 1. The molecule has 0 amide bonds. The molecule has 1 N–H and O–H groups in total. The average molecular weight is 337 g/mol. The van der Waals surface area contributed by atoms with Crippen LogP contribution in [0.2, 0.25) is 0 Å². The van der Waals surface area contributed by atoms with Crippen LogP contribution in [0.15, 0.2) is 18.2 Å². The van der Waals surface area contributed by atoms with Crippen molar-refractivity contribution in [1.82, 2.24) is 10.2 Å². The standard InChI is InChI=1S/C15H19N3O4S/c1-9-13-11-8-10(18(19)20)4-5-12(11)22-15(9,2)17(6-7-21-3)14(23)16-13/h4-5,8-9,13H,6-7H2,1-3H3,(H,16,23)/t9-,13+,15-/m0/s1. The van der Waals surface area contributed by atoms with Gasteiger partial charge < -0.3 is 19.7 Å². The van der Waals surface area contributed by atoms with E-state index < -0.39 is 10.6 Å². The summed E-state index contributed by atoms with van der Waals surface area (Å²) in [6, 6.07) is 4.58. The van der Waals surface area contributed by atoms with Crippen molar-refractivity contribution in [3.05, 3.63) is 33.9 Å². The highest BCUT2D eigenvalue weighted by atomic mass is 32.1. The van der Waals surface area contributed by atoms with E-state index >= 15 is 0 Å². The maximum Gasteiger partial charge on any atom is 0.270 e. The van der Waals surface area contributed by atoms with E-state index in [4.69, 9.17) is 21.7 Å². The lowest BCUT2D eigenvalue weighted by atomic mass is 9.81. The number of nitro benzene ring substituents is 1. The summed E-state index contributed by atoms with van der Waals surface area (Å²) in [6.45, 7) is 5.20. The monoisotopic (exact) mass is 337 g/mol. The minimum Gasteiger partial charge on any atom is -0.467 e. The van der Waals surface area contributed by atoms with Crippen molar-refractivity contribution < 1.29 is 14.4 Å². The van der Waals surface area contributed by atoms with Gasteiger partial charge in [0.1, 0.15) is 5.75 Å². The Balaban J connectivity index is 2.03. The Morgan fingerprint density at radius 1 is 1.57 bits per heavy atom. The molecule has 3 atom stereocenters. The molecule has 0 aliphatic carbocycles. The van der Waals surface area contributed by atoms with Crippen LogP contribution >= 0.6 is 12.2 Å². The minimum atomic E-state index is -0.616. The van der Waals surface area contributed by atoms with Crippen LogP contribution in [0.5, 0.6) is 5.75 Å². The topological polar surface area (TPSA) is 76.9 Å². The summed E-state index contributed by atoms with van der Waals surface area (Å²) in [5.41, 5.74) is 0.213. The number of benzene rings is 1. The quantitative estimate of drug-likeness (QED) is 0.513. The Bertz CT molecular complexity index is 668. The summed E-state index contributed by atoms with van der Waals surface area (Å²) in [5.74, 6) is 0.708. The SMILES string of the molecule is COCCN1C(=S)N[C@H]2c3cc([N+](=O)[O-])ccc3O[C@@]1(C)[C@H]2C. The van der Waals surface area contributed by atoms with E-state index in [0.717, 1.165) is 5.56 Å². The summed E-state index contributed by atoms with van der Waals surface area (Å²) in [7, 11) is 1.64. The molecule has 1 aromatic carbocycles. The molecule has 1 fully saturated rings. The summed E-state index contributed by atoms with van der Waals surface area (Å²) in [6.07, 6.45) is 0. The number of hydrogen-bond acceptors (Lipinski definition) is 5. The molecule has 2 bridgehead atoms. The predicted molar refractivity (Wildman–Crippen MR) is 88.4 cm³/mol. The molecular formula is C15H19N3O4S. The van der Waals surface area contributed by atoms with Crippen LogP contribution in [0.1, 0.15) is 25.5 Å². The van der Waals surface area contributed by atoms with Crippen LogP contribution in [0.3, 0.4) is 0 Å². The fourth-order valence-electron chi connectivity index (χ4n) is 3.30. The number of methoxy groups -OCH3 is 1. The zero-order valence-electron chi connectivity index (χ0n) is 13.2. The first kappa shape index (κ1) is 15.9. The molecule has 2 aliphatic heterocycles. The maximum absolute atomic E-state index is 11.0. The third-order valence-corrected chi connectivity index (χ3v) is 5.12. The molecule has 1 saturated heterocycles. The third kappa shape index (κ3) is 2.42. The summed E-state index contributed by atoms with van der Waals surface area (Å²) < 4.78 is 11.4. The first-order valence-corrected chi connectivity index (χ1v) is 7.83. The molecule has 7 nitrogen and oxygen atoms in total. The molecule has 124 valence electrons. The third-order valence-electron chi connectivity index (χ3n) is 4.78. The van der Waals surface area contributed by atoms with E-state index in [1.807, 2.05) is 11.8 Å². The average Bonchev–Trinajstić information content (AvgIpc) is 2.50. The van der Waals surface area contributed by atoms with Crippen LogP contribution in [-0.2, 0) is 4.74 Å². The van der Waals surface area contributed by atoms with Gasteiger partial charge in [-0.25, -0.2) is 0 Å². The zero-order chi connectivity index (χ0) is 16.8. The second-order valence-corrected chi connectivity index (χ2v) is 6.38. The second-order valence-electron chi connectivity index (χ2n) is 6.00. The normalized spacial score (nSPS) is 28.7. The Morgan fingerprint density at radius 2 is 2.30 bits per heavy atom. The molecule has 0 unspecified atom stereocenters. The second kappa shape index (κ2) is 5.61. The fraction of sp³-hybridized carbons (Fsp3) is 0.533. The number of ether oxygens (including phenoxy) is 2. The van der Waals surface area contributed by atoms with Crippen molar-refractivity contribution in [2.45, 2.75) is 25.6 Å². The van der Waals surface area contributed by atoms with Crippen molar-refractivity contribution >= 4 is 23.0 Å². The van der Waals surface area contributed by atoms with Gasteiger partial charge in [0.2, 0.25) is 0 Å². The Labute approximate surface area is 139 Å². The molecular weight excluding hydrogens is 318 g/mol. The minimum absolute atomic E-state index is 0.0534. The van der Waals surface area contributed by atoms with E-state index in [0.29, 0.717) is 24.0 Å². The fourth-order valence-corrected chi connectivity index (χ4v) is 3.70. The summed E-state index contributed by atoms with van der Waals surface area (Å²) >= 11 is 5.48. The van der Waals surface area contributed by atoms with Crippen LogP contribution in [-0.4, -0.2) is 40.9 Å². The maximum atomic E-state index is 11.0. The molecule has 0 spiro atoms. The van der Waals surface area contributed by atoms with Gasteiger partial charge in [0, 0.05) is 37.3 Å². The first-order valence-electron chi connectivity index (χ1n) is 7.43. The van der Waals surface area contributed by atoms with Crippen molar-refractivity contribution in [2.24, 2.45) is 5.92 Å². The van der Waals surface area contributed by atoms with E-state index in [1.165, 1.54) is 6.07 Å². The summed E-state index contributed by atoms with van der Waals surface area (Å²) in [5, 5.41) is 14.9. The van der Waals surface area contributed by atoms with Gasteiger partial charge in [-0.05, 0) is 25.2 Å². The van der Waals surface area contributed by atoms with Gasteiger partial charge in [0.25, 0.3) is 5.69 Å². The number of nitrogens with zero attached hydrogens (tertiary/aromatic N) is 2. The Morgan fingerprint density at radius 3 is 2.96 bits per heavy atom. The molecule has 8 heteroatoms. The van der Waals surface area contributed by atoms with E-state index in [1.54, 1.807) is 19.2 Å². The lowest BCUT2D eigenvalue weighted by Gasteiger charge is -2.56. The first-order chi connectivity index (χ1) is 10.9. The molecule has 0 aromatic heterocycles. The van der Waals surface area contributed by atoms with Crippen molar-refractivity contribution in [3.63, 3.8) is 0 Å². The summed E-state index contributed by atoms with van der Waals surface area (Å²) in [4.78, 5) is 12.6. The van der Waals surface area contributed by atoms with Crippen molar-refractivity contribution in [1.29, 1.82) is 0 Å². The van der Waals surface area contributed by atoms with Gasteiger partial charge in [-0.1, -0.05) is 6.92 Å². The highest BCUT2D eigenvalue weighted by Crippen LogP contribution is 2.48. The van der Waals surface area contributed by atoms with Gasteiger partial charge in [0.15, 0.2) is 10.8 Å². The van der Waals surface area contributed by atoms with Crippen LogP contribution in [0.4, 0.5) is 5.69 Å². The molecule has 1 aromatic rings. The van der Waals surface area contributed by atoms with Crippen LogP contribution < -0.4 is 10.1 Å². The molecule has 0 saturated carbocycles. The number of rotatable bonds is 4. The number of hydrogen-bond donors (Lipinski definition) is 1. The predicted octanol–water partition coefficient (Wildman–Crippen LogP) is 2.22. The molecule has 2 aliphatic rings. The Kier molecular flexibility index (Phi) is 3.89. The Hall–Kier alpha value is -1.93. The number of nitrogens with one attached hydrogen (secondary N) is 1. The lowest BCUT2D eigenvalue weighted by Crippen LogP contribution is -2.69. The van der Waals surface area contributed by atoms with Gasteiger partial charge in [0.05, 0.1) is 17.6 Å². The highest BCUT2D eigenvalue weighted by Gasteiger charge is 2.53. The number of fused-ring (bicyclic) bond motifs is 4. The van der Waals surface area contributed by atoms with Gasteiger partial charge in [-0.3, -0.25) is 10.1 Å². The van der Waals surface area contributed by atoms with Gasteiger partial charge in [-0.2, -0.15) is 0 Å². The van der Waals surface area contributed by atoms with E-state index in [9.17, 15) is 10.1 Å².